The molecule has 58 heavy (non-hydrogen) atoms. The Hall–Kier alpha value is -1.43. The molecule has 0 fully saturated rings. The van der Waals surface area contributed by atoms with Crippen LogP contribution < -0.4 is 5.32 Å². The summed E-state index contributed by atoms with van der Waals surface area (Å²) in [5.74, 6) is -0.502. The molecule has 342 valence electrons. The third-order valence-electron chi connectivity index (χ3n) is 12.0. The predicted molar refractivity (Wildman–Crippen MR) is 254 cm³/mol. The van der Waals surface area contributed by atoms with E-state index in [1.807, 2.05) is 6.08 Å². The van der Waals surface area contributed by atoms with Gasteiger partial charge in [0.2, 0.25) is 5.91 Å². The fourth-order valence-corrected chi connectivity index (χ4v) is 7.92. The number of allylic oxidation sites excluding steroid dienone is 5. The van der Waals surface area contributed by atoms with E-state index in [-0.39, 0.29) is 6.61 Å². The molecule has 0 saturated heterocycles. The lowest BCUT2D eigenvalue weighted by molar-refractivity contribution is -0.131. The van der Waals surface area contributed by atoms with Crippen molar-refractivity contribution in [3.8, 4) is 0 Å². The Labute approximate surface area is 362 Å². The van der Waals surface area contributed by atoms with E-state index in [1.54, 1.807) is 6.08 Å². The van der Waals surface area contributed by atoms with E-state index >= 15 is 0 Å². The van der Waals surface area contributed by atoms with Crippen LogP contribution in [0.3, 0.4) is 0 Å². The van der Waals surface area contributed by atoms with Gasteiger partial charge in [-0.25, -0.2) is 0 Å². The summed E-state index contributed by atoms with van der Waals surface area (Å²) in [6, 6.07) is -0.797. The van der Waals surface area contributed by atoms with Gasteiger partial charge in [0.1, 0.15) is 6.10 Å². The summed E-state index contributed by atoms with van der Waals surface area (Å²) in [6.07, 6.45) is 62.1. The molecule has 4 N–H and O–H groups in total. The lowest BCUT2D eigenvalue weighted by atomic mass is 10.0. The molecule has 0 spiro atoms. The fraction of sp³-hybridized carbons (Fsp3) is 0.868. The van der Waals surface area contributed by atoms with Gasteiger partial charge in [-0.05, 0) is 51.4 Å². The third kappa shape index (κ3) is 42.7. The van der Waals surface area contributed by atoms with Crippen molar-refractivity contribution in [3.63, 3.8) is 0 Å². The van der Waals surface area contributed by atoms with Gasteiger partial charge in [-0.2, -0.15) is 0 Å². The third-order valence-corrected chi connectivity index (χ3v) is 12.0. The van der Waals surface area contributed by atoms with Crippen LogP contribution in [0.4, 0.5) is 0 Å². The van der Waals surface area contributed by atoms with Gasteiger partial charge in [0.15, 0.2) is 0 Å². The molecule has 3 atom stereocenters. The van der Waals surface area contributed by atoms with E-state index in [9.17, 15) is 20.1 Å². The zero-order chi connectivity index (χ0) is 42.3. The highest BCUT2D eigenvalue weighted by molar-refractivity contribution is 5.80. The van der Waals surface area contributed by atoms with E-state index in [0.717, 1.165) is 38.5 Å². The van der Waals surface area contributed by atoms with Crippen molar-refractivity contribution in [1.29, 1.82) is 0 Å². The van der Waals surface area contributed by atoms with Gasteiger partial charge >= 0.3 is 0 Å². The molecule has 0 radical (unpaired) electrons. The highest BCUT2D eigenvalue weighted by atomic mass is 16.3. The van der Waals surface area contributed by atoms with Gasteiger partial charge in [-0.15, -0.1) is 0 Å². The largest absolute Gasteiger partial charge is 0.394 e. The average molecular weight is 816 g/mol. The summed E-state index contributed by atoms with van der Waals surface area (Å²) in [7, 11) is 0. The number of unbranched alkanes of at least 4 members (excludes halogenated alkanes) is 35. The zero-order valence-electron chi connectivity index (χ0n) is 38.9. The number of aliphatic hydroxyl groups excluding tert-OH is 3. The van der Waals surface area contributed by atoms with Gasteiger partial charge in [-0.1, -0.05) is 256 Å². The summed E-state index contributed by atoms with van der Waals surface area (Å²) < 4.78 is 0. The van der Waals surface area contributed by atoms with Crippen LogP contribution in [0, 0.1) is 0 Å². The smallest absolute Gasteiger partial charge is 0.249 e. The molecule has 0 aromatic rings. The number of carbonyl (C=O) groups excluding carboxylic acids is 1. The first-order valence-corrected chi connectivity index (χ1v) is 25.8. The lowest BCUT2D eigenvalue weighted by Crippen LogP contribution is -2.48. The van der Waals surface area contributed by atoms with Crippen molar-refractivity contribution in [1.82, 2.24) is 5.32 Å². The monoisotopic (exact) mass is 816 g/mol. The maximum atomic E-state index is 12.5. The average Bonchev–Trinajstić information content (AvgIpc) is 3.23. The summed E-state index contributed by atoms with van der Waals surface area (Å²) in [5, 5.41) is 33.2. The van der Waals surface area contributed by atoms with Gasteiger partial charge in [0.05, 0.1) is 18.8 Å². The summed E-state index contributed by atoms with van der Waals surface area (Å²) in [4.78, 5) is 12.5. The van der Waals surface area contributed by atoms with Crippen molar-refractivity contribution in [2.75, 3.05) is 6.61 Å². The Balaban J connectivity index is 3.56. The van der Waals surface area contributed by atoms with Gasteiger partial charge < -0.3 is 20.6 Å². The van der Waals surface area contributed by atoms with Gasteiger partial charge in [0, 0.05) is 0 Å². The summed E-state index contributed by atoms with van der Waals surface area (Å²) in [5.41, 5.74) is 0. The van der Waals surface area contributed by atoms with Crippen molar-refractivity contribution >= 4 is 5.91 Å². The van der Waals surface area contributed by atoms with E-state index < -0.39 is 24.2 Å². The molecule has 3 unspecified atom stereocenters. The summed E-state index contributed by atoms with van der Waals surface area (Å²) in [6.45, 7) is 4.19. The zero-order valence-corrected chi connectivity index (χ0v) is 38.9. The molecule has 0 rings (SSSR count). The van der Waals surface area contributed by atoms with Crippen molar-refractivity contribution in [2.24, 2.45) is 0 Å². The fourth-order valence-electron chi connectivity index (χ4n) is 7.92. The number of carbonyl (C=O) groups is 1. The highest BCUT2D eigenvalue weighted by Gasteiger charge is 2.22. The van der Waals surface area contributed by atoms with Crippen LogP contribution >= 0.6 is 0 Å². The molecule has 0 bridgehead atoms. The molecule has 0 aliphatic heterocycles. The van der Waals surface area contributed by atoms with Crippen molar-refractivity contribution in [2.45, 2.75) is 289 Å². The second kappa shape index (κ2) is 48.2. The standard InChI is InChI=1S/C53H101NO4/c1-3-5-7-9-11-13-15-17-19-20-21-22-23-24-25-26-27-28-29-30-31-32-33-34-36-38-40-42-44-46-48-52(57)53(58)54-50(49-55)51(56)47-45-43-41-39-37-35-18-16-14-12-10-8-6-4-2/h21-22,24-25,45,47,50-52,55-57H,3-20,23,26-44,46,48-49H2,1-2H3,(H,54,58)/b22-21-,25-24-,47-45+. The van der Waals surface area contributed by atoms with Crippen molar-refractivity contribution < 1.29 is 20.1 Å². The Bertz CT molecular complexity index is 901. The van der Waals surface area contributed by atoms with Crippen molar-refractivity contribution in [3.05, 3.63) is 36.5 Å². The molecule has 5 heteroatoms. The molecule has 0 saturated carbocycles. The maximum Gasteiger partial charge on any atom is 0.249 e. The second-order valence-electron chi connectivity index (χ2n) is 17.7. The Morgan fingerprint density at radius 2 is 0.741 bits per heavy atom. The van der Waals surface area contributed by atoms with Crippen LogP contribution in [0.25, 0.3) is 0 Å². The lowest BCUT2D eigenvalue weighted by Gasteiger charge is -2.21. The minimum atomic E-state index is -1.10. The molecule has 0 aromatic heterocycles. The molecule has 0 aliphatic carbocycles. The number of hydrogen-bond donors (Lipinski definition) is 4. The first-order valence-electron chi connectivity index (χ1n) is 25.8. The molecule has 0 aliphatic rings. The number of amides is 1. The first-order chi connectivity index (χ1) is 28.6. The van der Waals surface area contributed by atoms with Crippen LogP contribution in [0.5, 0.6) is 0 Å². The normalized spacial score (nSPS) is 13.7. The number of nitrogens with one attached hydrogen (secondary N) is 1. The van der Waals surface area contributed by atoms with Crippen LogP contribution in [0.1, 0.15) is 271 Å². The van der Waals surface area contributed by atoms with E-state index in [4.69, 9.17) is 0 Å². The van der Waals surface area contributed by atoms with Gasteiger partial charge in [-0.3, -0.25) is 4.79 Å². The minimum absolute atomic E-state index is 0.362. The first kappa shape index (κ1) is 56.6. The molecule has 0 aromatic carbocycles. The van der Waals surface area contributed by atoms with Gasteiger partial charge in [0.25, 0.3) is 0 Å². The molecule has 1 amide bonds. The maximum absolute atomic E-state index is 12.5. The molecule has 5 nitrogen and oxygen atoms in total. The quantitative estimate of drug-likeness (QED) is 0.0364. The van der Waals surface area contributed by atoms with E-state index in [0.29, 0.717) is 6.42 Å². The topological polar surface area (TPSA) is 89.8 Å². The number of rotatable bonds is 47. The predicted octanol–water partition coefficient (Wildman–Crippen LogP) is 15.5. The molecule has 0 heterocycles. The van der Waals surface area contributed by atoms with Crippen LogP contribution in [-0.2, 0) is 4.79 Å². The minimum Gasteiger partial charge on any atom is -0.394 e. The van der Waals surface area contributed by atoms with Crippen LogP contribution in [-0.4, -0.2) is 46.1 Å². The second-order valence-corrected chi connectivity index (χ2v) is 17.7. The Kier molecular flexibility index (Phi) is 47.0. The van der Waals surface area contributed by atoms with Crippen LogP contribution in [0.15, 0.2) is 36.5 Å². The van der Waals surface area contributed by atoms with E-state index in [1.165, 1.54) is 212 Å². The SMILES string of the molecule is CCCCCCCCCCC/C=C\C/C=C\CCCCCCCCCCCCCCCCC(O)C(=O)NC(CO)C(O)/C=C/CCCCCCCCCCCCCC. The van der Waals surface area contributed by atoms with Crippen LogP contribution in [0.2, 0.25) is 0 Å². The molecular formula is C53H101NO4. The van der Waals surface area contributed by atoms with E-state index in [2.05, 4.69) is 43.5 Å². The summed E-state index contributed by atoms with van der Waals surface area (Å²) >= 11 is 0. The highest BCUT2D eigenvalue weighted by Crippen LogP contribution is 2.16. The Morgan fingerprint density at radius 3 is 1.09 bits per heavy atom. The molecular weight excluding hydrogens is 715 g/mol. The number of hydrogen-bond acceptors (Lipinski definition) is 4. The number of aliphatic hydroxyl groups is 3. The Morgan fingerprint density at radius 1 is 0.431 bits per heavy atom.